The van der Waals surface area contributed by atoms with Gasteiger partial charge in [-0.2, -0.15) is 18.2 Å². The van der Waals surface area contributed by atoms with E-state index in [0.717, 1.165) is 38.1 Å². The highest BCUT2D eigenvalue weighted by atomic mass is 19.4. The molecule has 3 rings (SSSR count). The molecule has 0 radical (unpaired) electrons. The number of aromatic nitrogens is 2. The van der Waals surface area contributed by atoms with Crippen LogP contribution < -0.4 is 0 Å². The molecule has 0 saturated carbocycles. The Hall–Kier alpha value is -1.89. The zero-order valence-electron chi connectivity index (χ0n) is 11.2. The van der Waals surface area contributed by atoms with Gasteiger partial charge in [0.1, 0.15) is 0 Å². The minimum absolute atomic E-state index is 0.190. The van der Waals surface area contributed by atoms with Gasteiger partial charge < -0.3 is 4.52 Å². The van der Waals surface area contributed by atoms with E-state index in [-0.39, 0.29) is 5.82 Å². The molecule has 2 heterocycles. The average molecular weight is 297 g/mol. The van der Waals surface area contributed by atoms with Gasteiger partial charge in [0.15, 0.2) is 0 Å². The molecule has 1 saturated heterocycles. The van der Waals surface area contributed by atoms with Gasteiger partial charge in [0, 0.05) is 5.56 Å². The van der Waals surface area contributed by atoms with Crippen LogP contribution in [-0.2, 0) is 12.7 Å². The van der Waals surface area contributed by atoms with Crippen molar-refractivity contribution in [1.82, 2.24) is 15.0 Å². The Labute approximate surface area is 119 Å². The van der Waals surface area contributed by atoms with Crippen LogP contribution in [0.3, 0.4) is 0 Å². The third-order valence-corrected chi connectivity index (χ3v) is 3.47. The number of benzene rings is 1. The Morgan fingerprint density at radius 2 is 1.95 bits per heavy atom. The van der Waals surface area contributed by atoms with E-state index < -0.39 is 11.7 Å². The summed E-state index contributed by atoms with van der Waals surface area (Å²) in [6.45, 7) is 2.52. The van der Waals surface area contributed by atoms with Crippen molar-refractivity contribution in [3.63, 3.8) is 0 Å². The third kappa shape index (κ3) is 3.24. The Balaban J connectivity index is 1.79. The minimum atomic E-state index is -4.38. The van der Waals surface area contributed by atoms with Gasteiger partial charge in [-0.05, 0) is 38.1 Å². The molecular weight excluding hydrogens is 283 g/mol. The molecule has 0 amide bonds. The quantitative estimate of drug-likeness (QED) is 0.871. The summed E-state index contributed by atoms with van der Waals surface area (Å²) in [6, 6.07) is 4.94. The van der Waals surface area contributed by atoms with Crippen molar-refractivity contribution in [2.75, 3.05) is 13.1 Å². The summed E-state index contributed by atoms with van der Waals surface area (Å²) in [6.07, 6.45) is -2.08. The van der Waals surface area contributed by atoms with Crippen molar-refractivity contribution < 1.29 is 17.7 Å². The maximum atomic E-state index is 12.7. The molecule has 21 heavy (non-hydrogen) atoms. The van der Waals surface area contributed by atoms with Crippen molar-refractivity contribution >= 4 is 0 Å². The van der Waals surface area contributed by atoms with Crippen LogP contribution in [0.15, 0.2) is 28.8 Å². The summed E-state index contributed by atoms with van der Waals surface area (Å²) in [7, 11) is 0. The maximum absolute atomic E-state index is 12.7. The number of rotatable bonds is 3. The monoisotopic (exact) mass is 297 g/mol. The molecular formula is C14H14F3N3O. The Morgan fingerprint density at radius 1 is 1.19 bits per heavy atom. The fourth-order valence-electron chi connectivity index (χ4n) is 2.40. The standard InChI is InChI=1S/C14H14F3N3O/c15-14(16,17)11-5-3-4-10(8-11)13-18-12(21-19-13)9-20-6-1-2-7-20/h3-5,8H,1-2,6-7,9H2. The largest absolute Gasteiger partial charge is 0.416 e. The second-order valence-corrected chi connectivity index (χ2v) is 5.07. The predicted octanol–water partition coefficient (Wildman–Crippen LogP) is 3.35. The lowest BCUT2D eigenvalue weighted by Crippen LogP contribution is -2.18. The molecule has 1 aliphatic rings. The fraction of sp³-hybridized carbons (Fsp3) is 0.429. The normalized spacial score (nSPS) is 16.5. The van der Waals surface area contributed by atoms with E-state index in [0.29, 0.717) is 18.0 Å². The van der Waals surface area contributed by atoms with E-state index in [2.05, 4.69) is 15.0 Å². The first-order valence-corrected chi connectivity index (χ1v) is 6.75. The van der Waals surface area contributed by atoms with Gasteiger partial charge in [0.2, 0.25) is 11.7 Å². The smallest absolute Gasteiger partial charge is 0.338 e. The van der Waals surface area contributed by atoms with Gasteiger partial charge in [-0.15, -0.1) is 0 Å². The molecule has 112 valence electrons. The first-order valence-electron chi connectivity index (χ1n) is 6.75. The summed E-state index contributed by atoms with van der Waals surface area (Å²) in [5.74, 6) is 0.625. The summed E-state index contributed by atoms with van der Waals surface area (Å²) >= 11 is 0. The molecule has 7 heteroatoms. The van der Waals surface area contributed by atoms with Crippen molar-refractivity contribution in [2.45, 2.75) is 25.6 Å². The topological polar surface area (TPSA) is 42.2 Å². The van der Waals surface area contributed by atoms with Crippen LogP contribution in [0.5, 0.6) is 0 Å². The van der Waals surface area contributed by atoms with E-state index >= 15 is 0 Å². The first-order chi connectivity index (χ1) is 10.0. The van der Waals surface area contributed by atoms with Crippen molar-refractivity contribution in [1.29, 1.82) is 0 Å². The minimum Gasteiger partial charge on any atom is -0.338 e. The first kappa shape index (κ1) is 14.1. The molecule has 1 fully saturated rings. The number of nitrogens with zero attached hydrogens (tertiary/aromatic N) is 3. The summed E-state index contributed by atoms with van der Waals surface area (Å²) < 4.78 is 43.2. The molecule has 1 aromatic heterocycles. The van der Waals surface area contributed by atoms with Gasteiger partial charge in [-0.3, -0.25) is 4.90 Å². The third-order valence-electron chi connectivity index (χ3n) is 3.47. The van der Waals surface area contributed by atoms with E-state index in [1.807, 2.05) is 0 Å². The fourth-order valence-corrected chi connectivity index (χ4v) is 2.40. The van der Waals surface area contributed by atoms with Crippen LogP contribution in [0.25, 0.3) is 11.4 Å². The van der Waals surface area contributed by atoms with E-state index in [9.17, 15) is 13.2 Å². The summed E-state index contributed by atoms with van der Waals surface area (Å²) in [4.78, 5) is 6.36. The number of halogens is 3. The van der Waals surface area contributed by atoms with Crippen LogP contribution in [0, 0.1) is 0 Å². The van der Waals surface area contributed by atoms with Gasteiger partial charge in [0.05, 0.1) is 12.1 Å². The Kier molecular flexibility index (Phi) is 3.67. The van der Waals surface area contributed by atoms with Gasteiger partial charge in [0.25, 0.3) is 0 Å². The second kappa shape index (κ2) is 5.48. The molecule has 0 atom stereocenters. The Bertz CT molecular complexity index is 618. The van der Waals surface area contributed by atoms with E-state index in [1.54, 1.807) is 6.07 Å². The lowest BCUT2D eigenvalue weighted by molar-refractivity contribution is -0.137. The second-order valence-electron chi connectivity index (χ2n) is 5.07. The molecule has 1 aliphatic heterocycles. The molecule has 0 N–H and O–H groups in total. The number of hydrogen-bond acceptors (Lipinski definition) is 4. The molecule has 0 bridgehead atoms. The maximum Gasteiger partial charge on any atom is 0.416 e. The van der Waals surface area contributed by atoms with Crippen LogP contribution in [0.2, 0.25) is 0 Å². The van der Waals surface area contributed by atoms with Crippen LogP contribution in [0.1, 0.15) is 24.3 Å². The summed E-state index contributed by atoms with van der Waals surface area (Å²) in [5.41, 5.74) is -0.410. The number of hydrogen-bond donors (Lipinski definition) is 0. The molecule has 0 aliphatic carbocycles. The van der Waals surface area contributed by atoms with Gasteiger partial charge >= 0.3 is 6.18 Å². The summed E-state index contributed by atoms with van der Waals surface area (Å²) in [5, 5.41) is 3.77. The van der Waals surface area contributed by atoms with Crippen LogP contribution in [-0.4, -0.2) is 28.1 Å². The van der Waals surface area contributed by atoms with Gasteiger partial charge in [-0.1, -0.05) is 17.3 Å². The van der Waals surface area contributed by atoms with Crippen molar-refractivity contribution in [3.05, 3.63) is 35.7 Å². The zero-order chi connectivity index (χ0) is 14.9. The van der Waals surface area contributed by atoms with Crippen molar-refractivity contribution in [2.24, 2.45) is 0 Å². The lowest BCUT2D eigenvalue weighted by atomic mass is 10.1. The molecule has 4 nitrogen and oxygen atoms in total. The number of alkyl halides is 3. The van der Waals surface area contributed by atoms with Gasteiger partial charge in [-0.25, -0.2) is 0 Å². The highest BCUT2D eigenvalue weighted by molar-refractivity contribution is 5.55. The predicted molar refractivity (Wildman–Crippen MR) is 69.2 cm³/mol. The zero-order valence-corrected chi connectivity index (χ0v) is 11.2. The molecule has 0 unspecified atom stereocenters. The van der Waals surface area contributed by atoms with E-state index in [1.165, 1.54) is 6.07 Å². The van der Waals surface area contributed by atoms with E-state index in [4.69, 9.17) is 4.52 Å². The average Bonchev–Trinajstić information content (AvgIpc) is 3.10. The highest BCUT2D eigenvalue weighted by Crippen LogP contribution is 2.31. The van der Waals surface area contributed by atoms with Crippen molar-refractivity contribution in [3.8, 4) is 11.4 Å². The highest BCUT2D eigenvalue weighted by Gasteiger charge is 2.30. The lowest BCUT2D eigenvalue weighted by Gasteiger charge is -2.09. The Morgan fingerprint density at radius 3 is 2.67 bits per heavy atom. The van der Waals surface area contributed by atoms with Crippen LogP contribution >= 0.6 is 0 Å². The molecule has 2 aromatic rings. The SMILES string of the molecule is FC(F)(F)c1cccc(-c2noc(CN3CCCC3)n2)c1. The van der Waals surface area contributed by atoms with Crippen LogP contribution in [0.4, 0.5) is 13.2 Å². The molecule has 0 spiro atoms. The number of likely N-dealkylation sites (tertiary alicyclic amines) is 1. The molecule has 1 aromatic carbocycles.